The summed E-state index contributed by atoms with van der Waals surface area (Å²) in [6, 6.07) is 2.18. The first kappa shape index (κ1) is 11.2. The Kier molecular flexibility index (Phi) is 5.36. The molecule has 1 fully saturated rings. The number of nitrogens with zero attached hydrogens (tertiary/aromatic N) is 1. The number of hydrogen-bond donors (Lipinski definition) is 0. The highest BCUT2D eigenvalue weighted by Crippen LogP contribution is 2.42. The van der Waals surface area contributed by atoms with Crippen LogP contribution in [-0.2, 0) is 4.79 Å². The highest BCUT2D eigenvalue weighted by atomic mass is 16.1. The van der Waals surface area contributed by atoms with Crippen molar-refractivity contribution in [1.29, 1.82) is 5.26 Å². The molecule has 1 rings (SSSR count). The molecule has 12 heavy (non-hydrogen) atoms. The third-order valence-electron chi connectivity index (χ3n) is 2.02. The maximum atomic E-state index is 10.0. The lowest BCUT2D eigenvalue weighted by atomic mass is 9.68. The molecule has 0 unspecified atom stereocenters. The molecule has 0 atom stereocenters. The predicted octanol–water partition coefficient (Wildman–Crippen LogP) is 2.69. The first-order valence-corrected chi connectivity index (χ1v) is 4.59. The lowest BCUT2D eigenvalue weighted by Crippen LogP contribution is -2.27. The van der Waals surface area contributed by atoms with E-state index < -0.39 is 0 Å². The molecule has 0 aromatic rings. The fourth-order valence-corrected chi connectivity index (χ4v) is 1.12. The van der Waals surface area contributed by atoms with E-state index in [-0.39, 0.29) is 5.41 Å². The zero-order valence-electron chi connectivity index (χ0n) is 7.97. The molecule has 0 bridgehead atoms. The average Bonchev–Trinajstić information content (AvgIpc) is 1.98. The van der Waals surface area contributed by atoms with Crippen LogP contribution in [0.5, 0.6) is 0 Å². The Bertz CT molecular complexity index is 165. The van der Waals surface area contributed by atoms with Crippen molar-refractivity contribution in [1.82, 2.24) is 0 Å². The van der Waals surface area contributed by atoms with Gasteiger partial charge in [-0.1, -0.05) is 26.7 Å². The number of nitriles is 1. The highest BCUT2D eigenvalue weighted by molar-refractivity contribution is 5.52. The van der Waals surface area contributed by atoms with Crippen LogP contribution in [0.3, 0.4) is 0 Å². The molecule has 68 valence electrons. The van der Waals surface area contributed by atoms with Gasteiger partial charge >= 0.3 is 0 Å². The van der Waals surface area contributed by atoms with E-state index in [1.165, 1.54) is 6.42 Å². The van der Waals surface area contributed by atoms with Crippen LogP contribution in [-0.4, -0.2) is 6.29 Å². The summed E-state index contributed by atoms with van der Waals surface area (Å²) in [5, 5.41) is 8.56. The number of carbonyl (C=O) groups is 1. The monoisotopic (exact) mass is 167 g/mol. The van der Waals surface area contributed by atoms with Crippen LogP contribution in [0.2, 0.25) is 0 Å². The zero-order chi connectivity index (χ0) is 9.45. The van der Waals surface area contributed by atoms with E-state index in [1.54, 1.807) is 0 Å². The van der Waals surface area contributed by atoms with Crippen LogP contribution < -0.4 is 0 Å². The molecule has 1 saturated carbocycles. The summed E-state index contributed by atoms with van der Waals surface area (Å²) in [5.74, 6) is 0. The Hall–Kier alpha value is -0.840. The topological polar surface area (TPSA) is 40.9 Å². The van der Waals surface area contributed by atoms with Gasteiger partial charge in [0.2, 0.25) is 0 Å². The van der Waals surface area contributed by atoms with E-state index in [1.807, 2.05) is 0 Å². The van der Waals surface area contributed by atoms with Gasteiger partial charge in [-0.25, -0.2) is 0 Å². The number of rotatable bonds is 2. The maximum Gasteiger partial charge on any atom is 0.121 e. The molecule has 0 saturated heterocycles. The summed E-state index contributed by atoms with van der Waals surface area (Å²) in [7, 11) is 0. The van der Waals surface area contributed by atoms with Crippen LogP contribution >= 0.6 is 0 Å². The minimum atomic E-state index is -0.248. The van der Waals surface area contributed by atoms with Gasteiger partial charge in [-0.3, -0.25) is 0 Å². The van der Waals surface area contributed by atoms with Gasteiger partial charge in [0.15, 0.2) is 0 Å². The van der Waals surface area contributed by atoms with Crippen molar-refractivity contribution in [3.05, 3.63) is 0 Å². The molecule has 0 radical (unpaired) electrons. The van der Waals surface area contributed by atoms with Crippen molar-refractivity contribution in [3.63, 3.8) is 0 Å². The number of hydrogen-bond acceptors (Lipinski definition) is 2. The molecule has 0 aromatic carbocycles. The highest BCUT2D eigenvalue weighted by Gasteiger charge is 2.36. The third kappa shape index (κ3) is 3.04. The first-order chi connectivity index (χ1) is 5.74. The van der Waals surface area contributed by atoms with Gasteiger partial charge in [-0.05, 0) is 12.8 Å². The lowest BCUT2D eigenvalue weighted by Gasteiger charge is -2.32. The molecule has 0 N–H and O–H groups in total. The lowest BCUT2D eigenvalue weighted by molar-refractivity contribution is -0.110. The zero-order valence-corrected chi connectivity index (χ0v) is 7.97. The van der Waals surface area contributed by atoms with Gasteiger partial charge in [0.1, 0.15) is 6.29 Å². The van der Waals surface area contributed by atoms with Crippen LogP contribution in [0.4, 0.5) is 0 Å². The van der Waals surface area contributed by atoms with Crippen LogP contribution in [0, 0.1) is 16.7 Å². The van der Waals surface area contributed by atoms with Crippen LogP contribution in [0.25, 0.3) is 0 Å². The van der Waals surface area contributed by atoms with Crippen molar-refractivity contribution in [2.75, 3.05) is 0 Å². The summed E-state index contributed by atoms with van der Waals surface area (Å²) in [6.07, 6.45) is 5.48. The SMILES string of the molecule is CCC.N#CC1(CC=O)CCC1. The predicted molar refractivity (Wildman–Crippen MR) is 48.5 cm³/mol. The Morgan fingerprint density at radius 3 is 2.08 bits per heavy atom. The van der Waals surface area contributed by atoms with Crippen molar-refractivity contribution in [2.45, 2.75) is 46.0 Å². The molecular formula is C10H17NO. The molecular weight excluding hydrogens is 150 g/mol. The normalized spacial score (nSPS) is 17.8. The number of carbonyl (C=O) groups excluding carboxylic acids is 1. The largest absolute Gasteiger partial charge is 0.303 e. The first-order valence-electron chi connectivity index (χ1n) is 4.59. The molecule has 0 amide bonds. The standard InChI is InChI=1S/C7H9NO.C3H8/c8-6-7(4-5-9)2-1-3-7;1-3-2/h5H,1-4H2;3H2,1-2H3. The summed E-state index contributed by atoms with van der Waals surface area (Å²) >= 11 is 0. The van der Waals surface area contributed by atoms with Gasteiger partial charge in [-0.15, -0.1) is 0 Å². The van der Waals surface area contributed by atoms with Gasteiger partial charge in [0.05, 0.1) is 11.5 Å². The van der Waals surface area contributed by atoms with Crippen molar-refractivity contribution in [2.24, 2.45) is 5.41 Å². The minimum absolute atomic E-state index is 0.248. The van der Waals surface area contributed by atoms with Crippen molar-refractivity contribution >= 4 is 6.29 Å². The molecule has 2 heteroatoms. The van der Waals surface area contributed by atoms with Gasteiger partial charge in [0.25, 0.3) is 0 Å². The Labute approximate surface area is 74.6 Å². The Balaban J connectivity index is 0.000000354. The molecule has 1 aliphatic carbocycles. The van der Waals surface area contributed by atoms with Crippen LogP contribution in [0.15, 0.2) is 0 Å². The van der Waals surface area contributed by atoms with E-state index in [4.69, 9.17) is 5.26 Å². The van der Waals surface area contributed by atoms with Crippen molar-refractivity contribution < 1.29 is 4.79 Å². The Morgan fingerprint density at radius 1 is 1.50 bits per heavy atom. The smallest absolute Gasteiger partial charge is 0.121 e. The second kappa shape index (κ2) is 5.77. The van der Waals surface area contributed by atoms with E-state index in [2.05, 4.69) is 19.9 Å². The summed E-state index contributed by atoms with van der Waals surface area (Å²) < 4.78 is 0. The van der Waals surface area contributed by atoms with E-state index in [0.717, 1.165) is 25.5 Å². The average molecular weight is 167 g/mol. The van der Waals surface area contributed by atoms with E-state index in [9.17, 15) is 4.79 Å². The molecule has 2 nitrogen and oxygen atoms in total. The summed E-state index contributed by atoms with van der Waals surface area (Å²) in [4.78, 5) is 10.0. The van der Waals surface area contributed by atoms with Gasteiger partial charge in [-0.2, -0.15) is 5.26 Å². The Morgan fingerprint density at radius 2 is 2.00 bits per heavy atom. The fourth-order valence-electron chi connectivity index (χ4n) is 1.12. The second-order valence-corrected chi connectivity index (χ2v) is 3.32. The molecule has 0 aromatic heterocycles. The second-order valence-electron chi connectivity index (χ2n) is 3.32. The summed E-state index contributed by atoms with van der Waals surface area (Å²) in [6.45, 7) is 4.25. The van der Waals surface area contributed by atoms with Crippen LogP contribution in [0.1, 0.15) is 46.0 Å². The number of aldehydes is 1. The molecule has 0 spiro atoms. The maximum absolute atomic E-state index is 10.0. The van der Waals surface area contributed by atoms with Crippen molar-refractivity contribution in [3.8, 4) is 6.07 Å². The van der Waals surface area contributed by atoms with E-state index in [0.29, 0.717) is 6.42 Å². The quantitative estimate of drug-likeness (QED) is 0.593. The molecule has 1 aliphatic rings. The fraction of sp³-hybridized carbons (Fsp3) is 0.800. The molecule has 0 heterocycles. The van der Waals surface area contributed by atoms with Gasteiger partial charge in [0, 0.05) is 6.42 Å². The molecule has 0 aliphatic heterocycles. The van der Waals surface area contributed by atoms with Gasteiger partial charge < -0.3 is 4.79 Å². The summed E-state index contributed by atoms with van der Waals surface area (Å²) in [5.41, 5.74) is -0.248. The minimum Gasteiger partial charge on any atom is -0.303 e. The third-order valence-corrected chi connectivity index (χ3v) is 2.02. The van der Waals surface area contributed by atoms with E-state index >= 15 is 0 Å².